The fourth-order valence-electron chi connectivity index (χ4n) is 0.369. The highest BCUT2D eigenvalue weighted by Gasteiger charge is 2.18. The molecule has 2 nitrogen and oxygen atoms in total. The number of hydrogen-bond acceptors (Lipinski definition) is 2. The van der Waals surface area contributed by atoms with E-state index < -0.39 is 8.32 Å². The van der Waals surface area contributed by atoms with Crippen LogP contribution in [0.25, 0.3) is 0 Å². The van der Waals surface area contributed by atoms with Crippen LogP contribution in [0.1, 0.15) is 0 Å². The predicted molar refractivity (Wildman–Crippen MR) is 43.2 cm³/mol. The molecule has 0 rings (SSSR count). The van der Waals surface area contributed by atoms with Crippen molar-refractivity contribution in [3.63, 3.8) is 0 Å². The largest absolute Gasteiger partial charge is 0.519 e. The highest BCUT2D eigenvalue weighted by atomic mass is 79.9. The molecular weight excluding hydrogens is 200 g/mol. The fraction of sp³-hybridized carbons (Fsp3) is 0.800. The van der Waals surface area contributed by atoms with Gasteiger partial charge in [-0.1, -0.05) is 15.9 Å². The van der Waals surface area contributed by atoms with E-state index >= 15 is 0 Å². The third-order valence-corrected chi connectivity index (χ3v) is 1.83. The molecule has 9 heavy (non-hydrogen) atoms. The number of carbonyl (C=O) groups is 1. The van der Waals surface area contributed by atoms with Crippen LogP contribution in [0.3, 0.4) is 0 Å². The average molecular weight is 211 g/mol. The van der Waals surface area contributed by atoms with Gasteiger partial charge < -0.3 is 4.43 Å². The van der Waals surface area contributed by atoms with Crippen LogP contribution >= 0.6 is 15.9 Å². The van der Waals surface area contributed by atoms with Gasteiger partial charge in [0, 0.05) is 0 Å². The van der Waals surface area contributed by atoms with Gasteiger partial charge in [0.2, 0.25) is 8.32 Å². The molecule has 0 radical (unpaired) electrons. The second kappa shape index (κ2) is 3.36. The van der Waals surface area contributed by atoms with Crippen LogP contribution in [0.15, 0.2) is 0 Å². The van der Waals surface area contributed by atoms with Crippen molar-refractivity contribution in [1.82, 2.24) is 0 Å². The summed E-state index contributed by atoms with van der Waals surface area (Å²) in [6.45, 7) is 5.94. The maximum atomic E-state index is 10.6. The van der Waals surface area contributed by atoms with E-state index in [1.807, 2.05) is 19.6 Å². The molecule has 0 heterocycles. The summed E-state index contributed by atoms with van der Waals surface area (Å²) in [7, 11) is -1.62. The summed E-state index contributed by atoms with van der Waals surface area (Å²) < 4.78 is 5.04. The molecule has 0 amide bonds. The zero-order valence-corrected chi connectivity index (χ0v) is 8.49. The van der Waals surface area contributed by atoms with Crippen LogP contribution < -0.4 is 0 Å². The lowest BCUT2D eigenvalue weighted by atomic mass is 10.8. The van der Waals surface area contributed by atoms with E-state index in [0.29, 0.717) is 5.33 Å². The normalized spacial score (nSPS) is 11.1. The average Bonchev–Trinajstić information content (AvgIpc) is 1.62. The molecule has 0 unspecified atom stereocenters. The Balaban J connectivity index is 3.60. The van der Waals surface area contributed by atoms with Gasteiger partial charge in [0.1, 0.15) is 0 Å². The molecule has 0 aliphatic carbocycles. The molecule has 0 spiro atoms. The second-order valence-corrected chi connectivity index (χ2v) is 7.71. The van der Waals surface area contributed by atoms with Crippen molar-refractivity contribution < 1.29 is 9.22 Å². The van der Waals surface area contributed by atoms with Gasteiger partial charge in [0.05, 0.1) is 5.33 Å². The Bertz CT molecular complexity index is 108. The van der Waals surface area contributed by atoms with Crippen molar-refractivity contribution in [3.05, 3.63) is 0 Å². The van der Waals surface area contributed by atoms with Gasteiger partial charge in [-0.15, -0.1) is 0 Å². The molecule has 54 valence electrons. The molecule has 4 heteroatoms. The number of rotatable bonds is 2. The van der Waals surface area contributed by atoms with Crippen LogP contribution in [-0.4, -0.2) is 19.6 Å². The van der Waals surface area contributed by atoms with Crippen molar-refractivity contribution in [2.45, 2.75) is 19.6 Å². The molecule has 0 aliphatic heterocycles. The lowest BCUT2D eigenvalue weighted by Crippen LogP contribution is -2.29. The fourth-order valence-corrected chi connectivity index (χ4v) is 1.45. The molecule has 0 fully saturated rings. The van der Waals surface area contributed by atoms with E-state index in [2.05, 4.69) is 15.9 Å². The molecule has 0 aromatic heterocycles. The van der Waals surface area contributed by atoms with Crippen LogP contribution in [0, 0.1) is 0 Å². The van der Waals surface area contributed by atoms with Gasteiger partial charge in [0.25, 0.3) is 0 Å². The Morgan fingerprint density at radius 3 is 2.11 bits per heavy atom. The van der Waals surface area contributed by atoms with Crippen molar-refractivity contribution >= 4 is 30.2 Å². The Morgan fingerprint density at radius 1 is 1.56 bits per heavy atom. The summed E-state index contributed by atoms with van der Waals surface area (Å²) in [6, 6.07) is 0. The molecular formula is C5H11BrO2Si. The van der Waals surface area contributed by atoms with Crippen LogP contribution in [0.2, 0.25) is 19.6 Å². The van der Waals surface area contributed by atoms with Crippen LogP contribution in [-0.2, 0) is 9.22 Å². The van der Waals surface area contributed by atoms with E-state index in [4.69, 9.17) is 4.43 Å². The monoisotopic (exact) mass is 210 g/mol. The Morgan fingerprint density at radius 2 is 2.00 bits per heavy atom. The molecule has 0 saturated heterocycles. The number of carbonyl (C=O) groups excluding carboxylic acids is 1. The highest BCUT2D eigenvalue weighted by molar-refractivity contribution is 9.09. The van der Waals surface area contributed by atoms with Gasteiger partial charge in [-0.3, -0.25) is 4.79 Å². The minimum atomic E-state index is -1.62. The summed E-state index contributed by atoms with van der Waals surface area (Å²) in [6.07, 6.45) is 0. The zero-order chi connectivity index (χ0) is 7.49. The Hall–Kier alpha value is 0.167. The standard InChI is InChI=1S/C5H11BrO2Si/c1-9(2,3)8-5(7)4-6/h4H2,1-3H3. The first kappa shape index (κ1) is 9.17. The van der Waals surface area contributed by atoms with E-state index in [9.17, 15) is 4.79 Å². The molecule has 0 atom stereocenters. The summed E-state index contributed by atoms with van der Waals surface area (Å²) in [5.74, 6) is -0.158. The maximum absolute atomic E-state index is 10.6. The quantitative estimate of drug-likeness (QED) is 0.513. The lowest BCUT2D eigenvalue weighted by Gasteiger charge is -2.15. The molecule has 0 aliphatic rings. The summed E-state index contributed by atoms with van der Waals surface area (Å²) in [5.41, 5.74) is 0. The van der Waals surface area contributed by atoms with Crippen molar-refractivity contribution in [3.8, 4) is 0 Å². The second-order valence-electron chi connectivity index (χ2n) is 2.72. The van der Waals surface area contributed by atoms with E-state index in [1.54, 1.807) is 0 Å². The first-order valence-corrected chi connectivity index (χ1v) is 7.26. The minimum absolute atomic E-state index is 0.158. The van der Waals surface area contributed by atoms with E-state index in [1.165, 1.54) is 0 Å². The Kier molecular flexibility index (Phi) is 3.43. The number of alkyl halides is 1. The lowest BCUT2D eigenvalue weighted by molar-refractivity contribution is -0.131. The maximum Gasteiger partial charge on any atom is 0.303 e. The zero-order valence-electron chi connectivity index (χ0n) is 5.90. The smallest absolute Gasteiger partial charge is 0.303 e. The van der Waals surface area contributed by atoms with E-state index in [-0.39, 0.29) is 5.97 Å². The van der Waals surface area contributed by atoms with Crippen molar-refractivity contribution in [1.29, 1.82) is 0 Å². The van der Waals surface area contributed by atoms with Gasteiger partial charge in [0.15, 0.2) is 0 Å². The number of hydrogen-bond donors (Lipinski definition) is 0. The van der Waals surface area contributed by atoms with Gasteiger partial charge >= 0.3 is 5.97 Å². The number of halogens is 1. The molecule has 0 aromatic rings. The molecule has 0 N–H and O–H groups in total. The van der Waals surface area contributed by atoms with Crippen LogP contribution in [0.5, 0.6) is 0 Å². The minimum Gasteiger partial charge on any atom is -0.519 e. The first-order valence-electron chi connectivity index (χ1n) is 2.73. The summed E-state index contributed by atoms with van der Waals surface area (Å²) in [4.78, 5) is 10.6. The third kappa shape index (κ3) is 6.05. The molecule has 0 saturated carbocycles. The van der Waals surface area contributed by atoms with E-state index in [0.717, 1.165) is 0 Å². The topological polar surface area (TPSA) is 26.3 Å². The summed E-state index contributed by atoms with van der Waals surface area (Å²) >= 11 is 3.02. The molecule has 0 aromatic carbocycles. The van der Waals surface area contributed by atoms with Gasteiger partial charge in [-0.25, -0.2) is 0 Å². The van der Waals surface area contributed by atoms with Crippen molar-refractivity contribution in [2.75, 3.05) is 5.33 Å². The van der Waals surface area contributed by atoms with Gasteiger partial charge in [-0.05, 0) is 19.6 Å². The molecule has 0 bridgehead atoms. The Labute approximate surface area is 64.8 Å². The summed E-state index contributed by atoms with van der Waals surface area (Å²) in [5, 5.41) is 0.303. The first-order chi connectivity index (χ1) is 3.95. The van der Waals surface area contributed by atoms with Crippen molar-refractivity contribution in [2.24, 2.45) is 0 Å². The third-order valence-electron chi connectivity index (χ3n) is 0.529. The highest BCUT2D eigenvalue weighted by Crippen LogP contribution is 2.03. The SMILES string of the molecule is C[Si](C)(C)OC(=O)CBr. The van der Waals surface area contributed by atoms with Crippen LogP contribution in [0.4, 0.5) is 0 Å². The predicted octanol–water partition coefficient (Wildman–Crippen LogP) is 1.76. The van der Waals surface area contributed by atoms with Gasteiger partial charge in [-0.2, -0.15) is 0 Å².